The second kappa shape index (κ2) is 7.76. The smallest absolute Gasteiger partial charge is 0.407 e. The minimum Gasteiger partial charge on any atom is -0.446 e. The minimum absolute atomic E-state index is 0.0350. The van der Waals surface area contributed by atoms with Gasteiger partial charge in [0.2, 0.25) is 0 Å². The first kappa shape index (κ1) is 20.4. The van der Waals surface area contributed by atoms with Gasteiger partial charge in [-0.2, -0.15) is 0 Å². The molecular weight excluding hydrogens is 434 g/mol. The molecule has 1 aromatic carbocycles. The predicted molar refractivity (Wildman–Crippen MR) is 117 cm³/mol. The quantitative estimate of drug-likeness (QED) is 0.753. The number of ether oxygens (including phenoxy) is 1. The Morgan fingerprint density at radius 2 is 1.90 bits per heavy atom. The van der Waals surface area contributed by atoms with E-state index in [0.717, 1.165) is 54.4 Å². The Morgan fingerprint density at radius 3 is 2.59 bits per heavy atom. The Morgan fingerprint density at radius 1 is 1.21 bits per heavy atom. The molecule has 0 spiro atoms. The Labute approximate surface area is 179 Å². The molecule has 0 aliphatic carbocycles. The molecular formula is C22H28BrN3O3. The van der Waals surface area contributed by atoms with Crippen LogP contribution in [0.4, 0.5) is 4.79 Å². The lowest BCUT2D eigenvalue weighted by molar-refractivity contribution is 0.0454. The van der Waals surface area contributed by atoms with Gasteiger partial charge in [-0.25, -0.2) is 4.79 Å². The van der Waals surface area contributed by atoms with Crippen LogP contribution in [-0.4, -0.2) is 46.8 Å². The van der Waals surface area contributed by atoms with Crippen LogP contribution in [0.2, 0.25) is 0 Å². The lowest BCUT2D eigenvalue weighted by Crippen LogP contribution is -2.45. The van der Waals surface area contributed by atoms with E-state index in [0.29, 0.717) is 0 Å². The summed E-state index contributed by atoms with van der Waals surface area (Å²) >= 11 is 3.70. The van der Waals surface area contributed by atoms with E-state index in [1.165, 1.54) is 5.56 Å². The highest BCUT2D eigenvalue weighted by Gasteiger charge is 2.31. The number of alkyl carbamates (subject to hydrolysis) is 1. The zero-order valence-corrected chi connectivity index (χ0v) is 18.8. The number of piperidine rings is 1. The van der Waals surface area contributed by atoms with Gasteiger partial charge >= 0.3 is 6.09 Å². The summed E-state index contributed by atoms with van der Waals surface area (Å²) in [6, 6.07) is 7.72. The largest absolute Gasteiger partial charge is 0.446 e. The van der Waals surface area contributed by atoms with Gasteiger partial charge in [0.1, 0.15) is 6.10 Å². The molecule has 0 saturated carbocycles. The third-order valence-electron chi connectivity index (χ3n) is 5.71. The van der Waals surface area contributed by atoms with E-state index in [2.05, 4.69) is 38.3 Å². The number of rotatable bonds is 3. The zero-order valence-electron chi connectivity index (χ0n) is 17.2. The average molecular weight is 462 g/mol. The van der Waals surface area contributed by atoms with Crippen LogP contribution in [0.5, 0.6) is 0 Å². The number of nitrogens with one attached hydrogen (secondary N) is 1. The van der Waals surface area contributed by atoms with Crippen LogP contribution < -0.4 is 10.9 Å². The van der Waals surface area contributed by atoms with Gasteiger partial charge in [0.15, 0.2) is 0 Å². The number of hydrogen-bond acceptors (Lipinski definition) is 4. The fourth-order valence-electron chi connectivity index (χ4n) is 4.44. The zero-order chi connectivity index (χ0) is 20.8. The summed E-state index contributed by atoms with van der Waals surface area (Å²) in [4.78, 5) is 26.8. The molecule has 6 nitrogen and oxygen atoms in total. The molecule has 1 aromatic heterocycles. The molecule has 4 rings (SSSR count). The van der Waals surface area contributed by atoms with Crippen molar-refractivity contribution < 1.29 is 9.53 Å². The maximum absolute atomic E-state index is 12.4. The first-order valence-corrected chi connectivity index (χ1v) is 11.0. The van der Waals surface area contributed by atoms with Crippen molar-refractivity contribution in [3.05, 3.63) is 44.7 Å². The molecule has 156 valence electrons. The Hall–Kier alpha value is -1.86. The summed E-state index contributed by atoms with van der Waals surface area (Å²) in [6.07, 6.45) is 1.30. The monoisotopic (exact) mass is 461 g/mol. The van der Waals surface area contributed by atoms with Crippen LogP contribution in [-0.2, 0) is 11.3 Å². The maximum atomic E-state index is 12.4. The molecule has 1 amide bonds. The summed E-state index contributed by atoms with van der Waals surface area (Å²) in [7, 11) is 0. The molecule has 1 N–H and O–H groups in total. The van der Waals surface area contributed by atoms with Gasteiger partial charge < -0.3 is 19.5 Å². The molecule has 2 aromatic rings. The summed E-state index contributed by atoms with van der Waals surface area (Å²) in [5, 5.41) is 3.97. The molecule has 1 fully saturated rings. The van der Waals surface area contributed by atoms with Gasteiger partial charge in [0, 0.05) is 48.2 Å². The van der Waals surface area contributed by atoms with Crippen LogP contribution in [0.1, 0.15) is 45.1 Å². The van der Waals surface area contributed by atoms with Crippen molar-refractivity contribution >= 4 is 32.9 Å². The van der Waals surface area contributed by atoms with Crippen molar-refractivity contribution in [1.82, 2.24) is 14.8 Å². The SMILES string of the molecule is CC(C)(C)NC(=O)OC1CCN(CC2Cn3c(=O)ccc4ccc(Br)c2c43)CC1. The third kappa shape index (κ3) is 4.36. The van der Waals surface area contributed by atoms with Crippen LogP contribution in [0.3, 0.4) is 0 Å². The van der Waals surface area contributed by atoms with Crippen LogP contribution >= 0.6 is 15.9 Å². The molecule has 7 heteroatoms. The topological polar surface area (TPSA) is 63.6 Å². The van der Waals surface area contributed by atoms with Crippen molar-refractivity contribution in [2.75, 3.05) is 19.6 Å². The van der Waals surface area contributed by atoms with E-state index in [1.54, 1.807) is 6.07 Å². The molecule has 1 unspecified atom stereocenters. The van der Waals surface area contributed by atoms with Gasteiger partial charge in [-0.1, -0.05) is 22.0 Å². The first-order valence-electron chi connectivity index (χ1n) is 10.2. The molecule has 0 radical (unpaired) electrons. The Bertz CT molecular complexity index is 987. The fourth-order valence-corrected chi connectivity index (χ4v) is 5.08. The number of aromatic nitrogens is 1. The number of amides is 1. The van der Waals surface area contributed by atoms with E-state index >= 15 is 0 Å². The number of pyridine rings is 1. The maximum Gasteiger partial charge on any atom is 0.407 e. The van der Waals surface area contributed by atoms with E-state index in [1.807, 2.05) is 31.4 Å². The number of nitrogens with zero attached hydrogens (tertiary/aromatic N) is 2. The molecule has 1 saturated heterocycles. The Kier molecular flexibility index (Phi) is 5.46. The number of benzene rings is 1. The highest BCUT2D eigenvalue weighted by Crippen LogP contribution is 2.38. The van der Waals surface area contributed by atoms with E-state index in [-0.39, 0.29) is 29.2 Å². The van der Waals surface area contributed by atoms with Gasteiger partial charge in [-0.15, -0.1) is 0 Å². The third-order valence-corrected chi connectivity index (χ3v) is 6.40. The van der Waals surface area contributed by atoms with Gasteiger partial charge in [0.25, 0.3) is 5.56 Å². The van der Waals surface area contributed by atoms with Crippen molar-refractivity contribution in [2.45, 2.75) is 57.7 Å². The second-order valence-corrected chi connectivity index (χ2v) is 10.0. The van der Waals surface area contributed by atoms with Crippen molar-refractivity contribution in [3.63, 3.8) is 0 Å². The van der Waals surface area contributed by atoms with Gasteiger partial charge in [-0.05, 0) is 56.7 Å². The average Bonchev–Trinajstić information content (AvgIpc) is 3.01. The number of likely N-dealkylation sites (tertiary alicyclic amines) is 1. The summed E-state index contributed by atoms with van der Waals surface area (Å²) in [5.74, 6) is 0.282. The van der Waals surface area contributed by atoms with Crippen LogP contribution in [0, 0.1) is 0 Å². The Balaban J connectivity index is 1.39. The van der Waals surface area contributed by atoms with Gasteiger partial charge in [-0.3, -0.25) is 4.79 Å². The first-order chi connectivity index (χ1) is 13.7. The molecule has 2 aliphatic heterocycles. The lowest BCUT2D eigenvalue weighted by Gasteiger charge is -2.34. The predicted octanol–water partition coefficient (Wildman–Crippen LogP) is 3.85. The highest BCUT2D eigenvalue weighted by molar-refractivity contribution is 9.10. The number of halogens is 1. The normalized spacial score (nSPS) is 20.2. The number of carbonyl (C=O) groups is 1. The van der Waals surface area contributed by atoms with E-state index in [4.69, 9.17) is 4.74 Å². The summed E-state index contributed by atoms with van der Waals surface area (Å²) < 4.78 is 8.57. The van der Waals surface area contributed by atoms with Gasteiger partial charge in [0.05, 0.1) is 5.52 Å². The molecule has 0 bridgehead atoms. The molecule has 3 heterocycles. The molecule has 1 atom stereocenters. The van der Waals surface area contributed by atoms with E-state index in [9.17, 15) is 9.59 Å². The summed E-state index contributed by atoms with van der Waals surface area (Å²) in [6.45, 7) is 9.24. The van der Waals surface area contributed by atoms with Crippen molar-refractivity contribution in [1.29, 1.82) is 0 Å². The molecule has 29 heavy (non-hydrogen) atoms. The lowest BCUT2D eigenvalue weighted by atomic mass is 9.98. The fraction of sp³-hybridized carbons (Fsp3) is 0.545. The minimum atomic E-state index is -0.336. The standard InChI is InChI=1S/C22H28BrN3O3/c1-22(2,3)24-21(28)29-16-8-10-25(11-9-16)12-15-13-26-18(27)7-5-14-4-6-17(23)19(15)20(14)26/h4-7,15-16H,8-13H2,1-3H3,(H,24,28). The van der Waals surface area contributed by atoms with Crippen LogP contribution in [0.25, 0.3) is 10.9 Å². The summed E-state index contributed by atoms with van der Waals surface area (Å²) in [5.41, 5.74) is 2.08. The van der Waals surface area contributed by atoms with E-state index < -0.39 is 0 Å². The van der Waals surface area contributed by atoms with Crippen molar-refractivity contribution in [2.24, 2.45) is 0 Å². The van der Waals surface area contributed by atoms with Crippen LogP contribution in [0.15, 0.2) is 33.5 Å². The second-order valence-electron chi connectivity index (χ2n) is 9.16. The molecule has 2 aliphatic rings. The van der Waals surface area contributed by atoms with Crippen molar-refractivity contribution in [3.8, 4) is 0 Å². The number of hydrogen-bond donors (Lipinski definition) is 1. The number of carbonyl (C=O) groups excluding carboxylic acids is 1. The highest BCUT2D eigenvalue weighted by atomic mass is 79.9.